The molecule has 2 aliphatic rings. The lowest BCUT2D eigenvalue weighted by molar-refractivity contribution is -0.114. The van der Waals surface area contributed by atoms with E-state index in [9.17, 15) is 4.79 Å². The number of hydrogen-bond donors (Lipinski definition) is 2. The first-order valence-corrected chi connectivity index (χ1v) is 12.9. The Kier molecular flexibility index (Phi) is 5.67. The molecule has 1 spiro atoms. The van der Waals surface area contributed by atoms with Crippen LogP contribution in [0.5, 0.6) is 0 Å². The van der Waals surface area contributed by atoms with Crippen molar-refractivity contribution in [3.63, 3.8) is 0 Å². The van der Waals surface area contributed by atoms with Crippen molar-refractivity contribution >= 4 is 34.7 Å². The van der Waals surface area contributed by atoms with Crippen LogP contribution in [0, 0.1) is 5.41 Å². The van der Waals surface area contributed by atoms with Gasteiger partial charge < -0.3 is 10.3 Å². The van der Waals surface area contributed by atoms with Crippen molar-refractivity contribution in [2.45, 2.75) is 32.2 Å². The van der Waals surface area contributed by atoms with Gasteiger partial charge in [0.2, 0.25) is 5.91 Å². The molecule has 9 heteroatoms. The first-order chi connectivity index (χ1) is 17.0. The van der Waals surface area contributed by atoms with Gasteiger partial charge in [-0.25, -0.2) is 4.98 Å². The van der Waals surface area contributed by atoms with Crippen molar-refractivity contribution in [3.05, 3.63) is 71.1 Å². The summed E-state index contributed by atoms with van der Waals surface area (Å²) in [6.45, 7) is 3.69. The lowest BCUT2D eigenvalue weighted by atomic mass is 9.63. The maximum absolute atomic E-state index is 11.6. The fourth-order valence-corrected chi connectivity index (χ4v) is 6.57. The monoisotopic (exact) mass is 504 g/mol. The van der Waals surface area contributed by atoms with Crippen LogP contribution in [0.3, 0.4) is 0 Å². The molecular formula is C26H25ClN6OS. The number of rotatable bonds is 6. The highest BCUT2D eigenvalue weighted by molar-refractivity contribution is 7.19. The van der Waals surface area contributed by atoms with Gasteiger partial charge in [-0.15, -0.1) is 21.5 Å². The summed E-state index contributed by atoms with van der Waals surface area (Å²) in [4.78, 5) is 23.8. The number of nitrogens with zero attached hydrogens (tertiary/aromatic N) is 4. The largest absolute Gasteiger partial charge is 0.327 e. The fourth-order valence-electron chi connectivity index (χ4n) is 5.31. The Bertz CT molecular complexity index is 1360. The SMILES string of the molecule is CC(=O)Nc1cc(-c2cc(C(c3ccc(Cl)cc3)N3CC4(CCC4)C3)c(-c3nnc[nH]3)s2)ccn1. The van der Waals surface area contributed by atoms with Crippen LogP contribution in [-0.4, -0.2) is 44.1 Å². The normalized spacial score (nSPS) is 17.5. The minimum absolute atomic E-state index is 0.0836. The number of thiophene rings is 1. The van der Waals surface area contributed by atoms with Gasteiger partial charge in [0.1, 0.15) is 12.1 Å². The summed E-state index contributed by atoms with van der Waals surface area (Å²) in [7, 11) is 0. The first-order valence-electron chi connectivity index (χ1n) is 11.7. The molecule has 0 radical (unpaired) electrons. The highest BCUT2D eigenvalue weighted by atomic mass is 35.5. The number of pyridine rings is 1. The van der Waals surface area contributed by atoms with Crippen LogP contribution < -0.4 is 5.32 Å². The zero-order valence-corrected chi connectivity index (χ0v) is 20.9. The Hall–Kier alpha value is -3.07. The molecule has 1 saturated heterocycles. The molecule has 2 fully saturated rings. The number of amides is 1. The molecular weight excluding hydrogens is 480 g/mol. The molecule has 6 rings (SSSR count). The van der Waals surface area contributed by atoms with E-state index in [1.807, 2.05) is 24.3 Å². The summed E-state index contributed by atoms with van der Waals surface area (Å²) in [6, 6.07) is 14.4. The van der Waals surface area contributed by atoms with Gasteiger partial charge in [-0.05, 0) is 65.3 Å². The van der Waals surface area contributed by atoms with Crippen molar-refractivity contribution in [2.75, 3.05) is 18.4 Å². The minimum atomic E-state index is -0.144. The second-order valence-corrected chi connectivity index (χ2v) is 11.0. The lowest BCUT2D eigenvalue weighted by Gasteiger charge is -2.58. The minimum Gasteiger partial charge on any atom is -0.327 e. The molecule has 1 aromatic carbocycles. The Balaban J connectivity index is 1.45. The Morgan fingerprint density at radius 2 is 2.00 bits per heavy atom. The van der Waals surface area contributed by atoms with Crippen LogP contribution in [0.1, 0.15) is 43.4 Å². The maximum atomic E-state index is 11.6. The third-order valence-corrected chi connectivity index (χ3v) is 8.54. The highest BCUT2D eigenvalue weighted by Gasteiger charge is 2.50. The number of aromatic amines is 1. The first kappa shape index (κ1) is 22.4. The van der Waals surface area contributed by atoms with Crippen molar-refractivity contribution in [1.82, 2.24) is 25.1 Å². The van der Waals surface area contributed by atoms with Crippen molar-refractivity contribution in [1.29, 1.82) is 0 Å². The smallest absolute Gasteiger partial charge is 0.222 e. The number of hydrogen-bond acceptors (Lipinski definition) is 6. The van der Waals surface area contributed by atoms with Crippen LogP contribution in [0.4, 0.5) is 5.82 Å². The topological polar surface area (TPSA) is 86.8 Å². The van der Waals surface area contributed by atoms with Gasteiger partial charge in [-0.1, -0.05) is 30.2 Å². The summed E-state index contributed by atoms with van der Waals surface area (Å²) >= 11 is 7.91. The van der Waals surface area contributed by atoms with Crippen molar-refractivity contribution in [3.8, 4) is 21.1 Å². The van der Waals surface area contributed by atoms with Gasteiger partial charge in [-0.3, -0.25) is 9.69 Å². The van der Waals surface area contributed by atoms with Crippen LogP contribution in [0.15, 0.2) is 55.0 Å². The number of likely N-dealkylation sites (tertiary alicyclic amines) is 1. The molecule has 1 atom stereocenters. The number of benzene rings is 1. The molecule has 1 unspecified atom stereocenters. The number of carbonyl (C=O) groups excluding carboxylic acids is 1. The Morgan fingerprint density at radius 3 is 2.66 bits per heavy atom. The third kappa shape index (κ3) is 4.26. The summed E-state index contributed by atoms with van der Waals surface area (Å²) in [5.74, 6) is 1.15. The third-order valence-electron chi connectivity index (χ3n) is 7.08. The van der Waals surface area contributed by atoms with E-state index >= 15 is 0 Å². The molecule has 3 aromatic heterocycles. The predicted molar refractivity (Wildman–Crippen MR) is 138 cm³/mol. The van der Waals surface area contributed by atoms with E-state index < -0.39 is 0 Å². The Labute approximate surface area is 212 Å². The quantitative estimate of drug-likeness (QED) is 0.347. The number of carbonyl (C=O) groups is 1. The number of anilines is 1. The molecule has 35 heavy (non-hydrogen) atoms. The van der Waals surface area contributed by atoms with Crippen LogP contribution in [0.2, 0.25) is 5.02 Å². The molecule has 178 valence electrons. The molecule has 7 nitrogen and oxygen atoms in total. The predicted octanol–water partition coefficient (Wildman–Crippen LogP) is 5.78. The van der Waals surface area contributed by atoms with Crippen LogP contribution in [0.25, 0.3) is 21.1 Å². The van der Waals surface area contributed by atoms with Gasteiger partial charge in [0, 0.05) is 36.1 Å². The number of nitrogens with one attached hydrogen (secondary N) is 2. The maximum Gasteiger partial charge on any atom is 0.222 e. The summed E-state index contributed by atoms with van der Waals surface area (Å²) < 4.78 is 0. The lowest BCUT2D eigenvalue weighted by Crippen LogP contribution is -2.60. The second kappa shape index (κ2) is 8.86. The van der Waals surface area contributed by atoms with E-state index in [2.05, 4.69) is 48.6 Å². The average Bonchev–Trinajstić information content (AvgIpc) is 3.45. The van der Waals surface area contributed by atoms with E-state index in [1.165, 1.54) is 37.3 Å². The number of halogens is 1. The summed E-state index contributed by atoms with van der Waals surface area (Å²) in [5, 5.41) is 11.9. The van der Waals surface area contributed by atoms with E-state index in [0.717, 1.165) is 39.3 Å². The Morgan fingerprint density at radius 1 is 1.20 bits per heavy atom. The van der Waals surface area contributed by atoms with Crippen molar-refractivity contribution < 1.29 is 4.79 Å². The number of H-pyrrole nitrogens is 1. The second-order valence-electron chi connectivity index (χ2n) is 9.56. The van der Waals surface area contributed by atoms with E-state index in [-0.39, 0.29) is 11.9 Å². The zero-order valence-electron chi connectivity index (χ0n) is 19.3. The van der Waals surface area contributed by atoms with Gasteiger partial charge >= 0.3 is 0 Å². The van der Waals surface area contributed by atoms with Gasteiger partial charge in [0.15, 0.2) is 5.82 Å². The fraction of sp³-hybridized carbons (Fsp3) is 0.308. The van der Waals surface area contributed by atoms with Gasteiger partial charge in [0.05, 0.1) is 10.9 Å². The molecule has 4 heterocycles. The molecule has 4 aromatic rings. The van der Waals surface area contributed by atoms with Gasteiger partial charge in [0.25, 0.3) is 0 Å². The highest BCUT2D eigenvalue weighted by Crippen LogP contribution is 2.53. The van der Waals surface area contributed by atoms with E-state index in [0.29, 0.717) is 11.2 Å². The molecule has 2 N–H and O–H groups in total. The van der Waals surface area contributed by atoms with E-state index in [1.54, 1.807) is 23.9 Å². The summed E-state index contributed by atoms with van der Waals surface area (Å²) in [6.07, 6.45) is 7.32. The molecule has 0 bridgehead atoms. The van der Waals surface area contributed by atoms with E-state index in [4.69, 9.17) is 11.6 Å². The molecule has 1 aliphatic heterocycles. The number of aromatic nitrogens is 4. The average molecular weight is 505 g/mol. The van der Waals surface area contributed by atoms with Crippen molar-refractivity contribution in [2.24, 2.45) is 5.41 Å². The molecule has 1 aliphatic carbocycles. The summed E-state index contributed by atoms with van der Waals surface area (Å²) in [5.41, 5.74) is 3.89. The standard InChI is InChI=1S/C26H25ClN6OS/c1-16(34)31-22-11-18(7-10-28-22)21-12-20(24(35-21)25-29-15-30-32-25)23(17-3-5-19(27)6-4-17)33-13-26(14-33)8-2-9-26/h3-7,10-12,15,23H,2,8-9,13-14H2,1H3,(H,28,31,34)(H,29,30,32). The van der Waals surface area contributed by atoms with Gasteiger partial charge in [-0.2, -0.15) is 0 Å². The van der Waals surface area contributed by atoms with Crippen LogP contribution >= 0.6 is 22.9 Å². The molecule has 1 amide bonds. The zero-order chi connectivity index (χ0) is 24.0. The van der Waals surface area contributed by atoms with Crippen LogP contribution in [-0.2, 0) is 4.79 Å². The molecule has 1 saturated carbocycles.